The van der Waals surface area contributed by atoms with Crippen LogP contribution in [-0.4, -0.2) is 29.8 Å². The average molecular weight is 442 g/mol. The van der Waals surface area contributed by atoms with E-state index in [2.05, 4.69) is 44.5 Å². The van der Waals surface area contributed by atoms with Crippen LogP contribution in [0.5, 0.6) is 0 Å². The van der Waals surface area contributed by atoms with Crippen LogP contribution in [0.4, 0.5) is 0 Å². The molecule has 2 N–H and O–H groups in total. The van der Waals surface area contributed by atoms with Crippen LogP contribution in [0.3, 0.4) is 0 Å². The minimum atomic E-state index is -1.40. The number of halogens is 1. The van der Waals surface area contributed by atoms with Gasteiger partial charge in [-0.1, -0.05) is 0 Å². The van der Waals surface area contributed by atoms with Crippen molar-refractivity contribution in [1.29, 1.82) is 0 Å². The standard InChI is InChI=1S/C5H4I.C2H6N.Pb/c1-2-3-4-5-6;1-2-3;/h1-4H;1-3H2;. The molecule has 1 aliphatic rings. The zero-order chi connectivity index (χ0) is 7.40. The molecule has 1 rings (SSSR count). The summed E-state index contributed by atoms with van der Waals surface area (Å²) in [6.07, 6.45) is 6.53. The van der Waals surface area contributed by atoms with Crippen LogP contribution >= 0.6 is 22.6 Å². The van der Waals surface area contributed by atoms with Crippen LogP contribution in [0.2, 0.25) is 3.98 Å². The van der Waals surface area contributed by atoms with Crippen LogP contribution in [0.25, 0.3) is 0 Å². The van der Waals surface area contributed by atoms with Gasteiger partial charge in [-0.2, -0.15) is 0 Å². The fourth-order valence-corrected chi connectivity index (χ4v) is 11.0. The van der Waals surface area contributed by atoms with Gasteiger partial charge in [0.15, 0.2) is 0 Å². The first-order valence-corrected chi connectivity index (χ1v) is 11.3. The van der Waals surface area contributed by atoms with Gasteiger partial charge in [-0.25, -0.2) is 0 Å². The van der Waals surface area contributed by atoms with Crippen molar-refractivity contribution in [2.75, 3.05) is 6.54 Å². The molecule has 0 amide bonds. The molecule has 1 aliphatic heterocycles. The average Bonchev–Trinajstić information content (AvgIpc) is 1.94. The summed E-state index contributed by atoms with van der Waals surface area (Å²) in [4.78, 5) is 0. The third-order valence-electron chi connectivity index (χ3n) is 1.37. The molecule has 0 atom stereocenters. The molecule has 0 aliphatic carbocycles. The Morgan fingerprint density at radius 2 is 2.30 bits per heavy atom. The van der Waals surface area contributed by atoms with Crippen LogP contribution in [0.15, 0.2) is 21.9 Å². The molecule has 0 saturated carbocycles. The second-order valence-electron chi connectivity index (χ2n) is 2.13. The van der Waals surface area contributed by atoms with Crippen molar-refractivity contribution in [3.05, 3.63) is 21.9 Å². The quantitative estimate of drug-likeness (QED) is 0.506. The van der Waals surface area contributed by atoms with Gasteiger partial charge in [0.2, 0.25) is 0 Å². The fourth-order valence-electron chi connectivity index (χ4n) is 0.857. The third kappa shape index (κ3) is 2.54. The molecule has 3 heteroatoms. The van der Waals surface area contributed by atoms with Gasteiger partial charge in [0.1, 0.15) is 0 Å². The first-order valence-electron chi connectivity index (χ1n) is 3.28. The van der Waals surface area contributed by atoms with Crippen molar-refractivity contribution >= 4 is 45.9 Å². The number of hydrogen-bond acceptors (Lipinski definition) is 1. The van der Waals surface area contributed by atoms with Crippen molar-refractivity contribution in [3.63, 3.8) is 0 Å². The van der Waals surface area contributed by atoms with Gasteiger partial charge in [-0.05, 0) is 0 Å². The molecule has 0 aromatic heterocycles. The second-order valence-corrected chi connectivity index (χ2v) is 16.7. The van der Waals surface area contributed by atoms with Crippen LogP contribution < -0.4 is 5.73 Å². The summed E-state index contributed by atoms with van der Waals surface area (Å²) in [6, 6.07) is 0. The van der Waals surface area contributed by atoms with Gasteiger partial charge in [0.05, 0.1) is 0 Å². The summed E-state index contributed by atoms with van der Waals surface area (Å²) in [5, 5.41) is 0. The third-order valence-corrected chi connectivity index (χ3v) is 16.4. The van der Waals surface area contributed by atoms with E-state index in [0.29, 0.717) is 0 Å². The summed E-state index contributed by atoms with van der Waals surface area (Å²) in [6.45, 7) is 0.868. The molecule has 1 heterocycles. The van der Waals surface area contributed by atoms with E-state index < -0.39 is 22.2 Å². The monoisotopic (exact) mass is 443 g/mol. The van der Waals surface area contributed by atoms with E-state index in [9.17, 15) is 0 Å². The van der Waals surface area contributed by atoms with Crippen molar-refractivity contribution in [2.24, 2.45) is 5.73 Å². The Morgan fingerprint density at radius 1 is 1.50 bits per heavy atom. The predicted molar refractivity (Wildman–Crippen MR) is 56.9 cm³/mol. The molecule has 0 spiro atoms. The summed E-state index contributed by atoms with van der Waals surface area (Å²) >= 11 is 1.06. The first-order chi connectivity index (χ1) is 4.84. The molecule has 0 aromatic carbocycles. The molecule has 0 saturated heterocycles. The fraction of sp³-hybridized carbons (Fsp3) is 0.286. The van der Waals surface area contributed by atoms with Crippen LogP contribution in [-0.2, 0) is 0 Å². The maximum absolute atomic E-state index is 5.50. The Hall–Kier alpha value is 0.962. The summed E-state index contributed by atoms with van der Waals surface area (Å²) in [5.74, 6) is 0. The van der Waals surface area contributed by atoms with E-state index >= 15 is 0 Å². The molecule has 0 radical (unpaired) electrons. The molecule has 10 heavy (non-hydrogen) atoms. The van der Waals surface area contributed by atoms with Crippen molar-refractivity contribution < 1.29 is 0 Å². The Balaban J connectivity index is 2.72. The molecule has 1 nitrogen and oxygen atoms in total. The molecule has 0 aromatic rings. The van der Waals surface area contributed by atoms with Crippen molar-refractivity contribution in [1.82, 2.24) is 0 Å². The van der Waals surface area contributed by atoms with E-state index in [1.165, 1.54) is 3.98 Å². The number of rotatable bonds is 2. The Bertz CT molecular complexity index is 206. The van der Waals surface area contributed by atoms with E-state index in [4.69, 9.17) is 5.73 Å². The summed E-state index contributed by atoms with van der Waals surface area (Å²) < 4.78 is 5.30. The second kappa shape index (κ2) is 4.76. The number of allylic oxidation sites excluding steroid dienone is 3. The van der Waals surface area contributed by atoms with Gasteiger partial charge < -0.3 is 0 Å². The van der Waals surface area contributed by atoms with E-state index in [1.54, 1.807) is 1.06 Å². The van der Waals surface area contributed by atoms with Crippen molar-refractivity contribution in [3.8, 4) is 0 Å². The van der Waals surface area contributed by atoms with E-state index in [-0.39, 0.29) is 0 Å². The summed E-state index contributed by atoms with van der Waals surface area (Å²) in [7, 11) is 0. The van der Waals surface area contributed by atoms with Gasteiger partial charge >= 0.3 is 84.0 Å². The van der Waals surface area contributed by atoms with Crippen LogP contribution in [0, 0.1) is 0 Å². The number of nitrogens with two attached hydrogens (primary N) is 1. The molecule has 0 fully saturated rings. The molecular weight excluding hydrogens is 432 g/mol. The molecular formula is C7H10INPb. The van der Waals surface area contributed by atoms with Gasteiger partial charge in [-0.15, -0.1) is 0 Å². The topological polar surface area (TPSA) is 26.0 Å². The predicted octanol–water partition coefficient (Wildman–Crippen LogP) is 1.25. The summed E-state index contributed by atoms with van der Waals surface area (Å²) in [5.41, 5.74) is 5.50. The Morgan fingerprint density at radius 3 is 2.90 bits per heavy atom. The SMILES string of the molecule is NC[CH2][Pb]1=[C](I)C=CC=[CH]1. The minimum absolute atomic E-state index is 0.868. The van der Waals surface area contributed by atoms with Crippen LogP contribution in [0.1, 0.15) is 0 Å². The molecule has 0 bridgehead atoms. The van der Waals surface area contributed by atoms with Gasteiger partial charge in [-0.3, -0.25) is 0 Å². The zero-order valence-electron chi connectivity index (χ0n) is 5.68. The normalized spacial score (nSPS) is 16.6. The van der Waals surface area contributed by atoms with E-state index in [0.717, 1.165) is 6.54 Å². The van der Waals surface area contributed by atoms with Gasteiger partial charge in [0.25, 0.3) is 0 Å². The van der Waals surface area contributed by atoms with Gasteiger partial charge in [0, 0.05) is 0 Å². The molecule has 0 unspecified atom stereocenters. The molecule has 54 valence electrons. The number of hydrogen-bond donors (Lipinski definition) is 1. The first kappa shape index (κ1) is 9.05. The maximum atomic E-state index is 5.50. The van der Waals surface area contributed by atoms with Crippen molar-refractivity contribution in [2.45, 2.75) is 3.98 Å². The Kier molecular flexibility index (Phi) is 4.31. The Labute approximate surface area is 83.1 Å². The zero-order valence-corrected chi connectivity index (χ0v) is 11.7. The van der Waals surface area contributed by atoms with E-state index in [1.807, 2.05) is 0 Å².